The van der Waals surface area contributed by atoms with E-state index >= 15 is 0 Å². The number of carbonyl (C=O) groups is 1. The molecule has 1 fully saturated rings. The fraction of sp³-hybridized carbons (Fsp3) is 0.619. The number of nitrogens with zero attached hydrogens (tertiary/aromatic N) is 2. The molecular weight excluding hydrogens is 404 g/mol. The average Bonchev–Trinajstić information content (AvgIpc) is 2.93. The lowest BCUT2D eigenvalue weighted by Crippen LogP contribution is -2.46. The van der Waals surface area contributed by atoms with Crippen LogP contribution >= 0.6 is 0 Å². The van der Waals surface area contributed by atoms with E-state index in [1.165, 1.54) is 6.07 Å². The van der Waals surface area contributed by atoms with Gasteiger partial charge in [-0.15, -0.1) is 0 Å². The first-order valence-electron chi connectivity index (χ1n) is 10.5. The molecule has 166 valence electrons. The molecule has 1 saturated heterocycles. The van der Waals surface area contributed by atoms with Gasteiger partial charge in [0.1, 0.15) is 11.9 Å². The maximum atomic E-state index is 12.8. The monoisotopic (exact) mass is 436 g/mol. The zero-order valence-electron chi connectivity index (χ0n) is 18.1. The second-order valence-corrected chi connectivity index (χ2v) is 10.1. The summed E-state index contributed by atoms with van der Waals surface area (Å²) in [7, 11) is -3.62. The summed E-state index contributed by atoms with van der Waals surface area (Å²) in [5.41, 5.74) is 0.506. The average molecular weight is 437 g/mol. The Morgan fingerprint density at radius 2 is 1.93 bits per heavy atom. The summed E-state index contributed by atoms with van der Waals surface area (Å²) in [6, 6.07) is 6.00. The lowest BCUT2D eigenvalue weighted by molar-refractivity contribution is -0.123. The largest absolute Gasteiger partial charge is 0.373 e. The molecule has 0 aromatic heterocycles. The maximum absolute atomic E-state index is 12.8. The van der Waals surface area contributed by atoms with Crippen molar-refractivity contribution < 1.29 is 17.9 Å². The van der Waals surface area contributed by atoms with Crippen molar-refractivity contribution in [2.24, 2.45) is 10.9 Å². The van der Waals surface area contributed by atoms with Crippen molar-refractivity contribution in [3.63, 3.8) is 0 Å². The van der Waals surface area contributed by atoms with E-state index in [2.05, 4.69) is 33.8 Å². The number of hydrogen-bond acceptors (Lipinski definition) is 6. The van der Waals surface area contributed by atoms with Gasteiger partial charge >= 0.3 is 0 Å². The highest BCUT2D eigenvalue weighted by Gasteiger charge is 2.32. The molecule has 0 aliphatic carbocycles. The van der Waals surface area contributed by atoms with Gasteiger partial charge in [-0.1, -0.05) is 26.0 Å². The summed E-state index contributed by atoms with van der Waals surface area (Å²) in [6.07, 6.45) is 1.28. The van der Waals surface area contributed by atoms with Gasteiger partial charge in [0.05, 0.1) is 17.1 Å². The summed E-state index contributed by atoms with van der Waals surface area (Å²) in [5.74, 6) is -0.0313. The SMILES string of the molecule is CC1CN(CCCNC(=O)[C@@H](N=C2NS(=O)(=O)c3ccccc32)C(C)C)CC(C)O1. The quantitative estimate of drug-likeness (QED) is 0.629. The number of sulfonamides is 1. The van der Waals surface area contributed by atoms with Crippen LogP contribution in [0.4, 0.5) is 0 Å². The number of hydrogen-bond donors (Lipinski definition) is 2. The van der Waals surface area contributed by atoms with Gasteiger partial charge < -0.3 is 10.1 Å². The highest BCUT2D eigenvalue weighted by Crippen LogP contribution is 2.23. The van der Waals surface area contributed by atoms with Crippen LogP contribution in [-0.2, 0) is 19.6 Å². The van der Waals surface area contributed by atoms with Gasteiger partial charge in [-0.25, -0.2) is 8.42 Å². The Morgan fingerprint density at radius 3 is 2.60 bits per heavy atom. The fourth-order valence-corrected chi connectivity index (χ4v) is 5.20. The van der Waals surface area contributed by atoms with E-state index in [-0.39, 0.29) is 34.8 Å². The van der Waals surface area contributed by atoms with E-state index in [0.29, 0.717) is 12.1 Å². The van der Waals surface area contributed by atoms with E-state index in [0.717, 1.165) is 26.1 Å². The van der Waals surface area contributed by atoms with E-state index in [1.807, 2.05) is 13.8 Å². The van der Waals surface area contributed by atoms with Gasteiger partial charge in [-0.2, -0.15) is 0 Å². The van der Waals surface area contributed by atoms with E-state index < -0.39 is 16.1 Å². The van der Waals surface area contributed by atoms with Gasteiger partial charge in [-0.05, 0) is 38.3 Å². The molecule has 3 atom stereocenters. The second kappa shape index (κ2) is 9.45. The van der Waals surface area contributed by atoms with Gasteiger partial charge in [0, 0.05) is 31.7 Å². The van der Waals surface area contributed by atoms with Gasteiger partial charge in [-0.3, -0.25) is 19.4 Å². The molecule has 1 aromatic carbocycles. The molecule has 0 radical (unpaired) electrons. The first kappa shape index (κ1) is 22.7. The van der Waals surface area contributed by atoms with Crippen LogP contribution < -0.4 is 10.0 Å². The number of fused-ring (bicyclic) bond motifs is 1. The molecule has 1 amide bonds. The van der Waals surface area contributed by atoms with Crippen LogP contribution in [0.1, 0.15) is 39.7 Å². The van der Waals surface area contributed by atoms with Crippen molar-refractivity contribution in [2.45, 2.75) is 57.3 Å². The molecule has 0 saturated carbocycles. The molecule has 9 heteroatoms. The normalized spacial score (nSPS) is 25.7. The predicted molar refractivity (Wildman–Crippen MR) is 116 cm³/mol. The Bertz CT molecular complexity index is 890. The number of aliphatic imine (C=N–C) groups is 1. The highest BCUT2D eigenvalue weighted by molar-refractivity contribution is 7.90. The molecule has 3 rings (SSSR count). The Morgan fingerprint density at radius 1 is 1.27 bits per heavy atom. The number of nitrogens with one attached hydrogen (secondary N) is 2. The van der Waals surface area contributed by atoms with Crippen molar-refractivity contribution >= 4 is 21.8 Å². The maximum Gasteiger partial charge on any atom is 0.263 e. The van der Waals surface area contributed by atoms with Crippen molar-refractivity contribution in [3.05, 3.63) is 29.8 Å². The molecule has 2 unspecified atom stereocenters. The molecule has 2 N–H and O–H groups in total. The topological polar surface area (TPSA) is 100 Å². The van der Waals surface area contributed by atoms with Crippen molar-refractivity contribution in [1.29, 1.82) is 0 Å². The molecule has 2 aliphatic rings. The molecule has 2 heterocycles. The zero-order chi connectivity index (χ0) is 21.9. The van der Waals surface area contributed by atoms with Crippen LogP contribution in [0.15, 0.2) is 34.2 Å². The minimum Gasteiger partial charge on any atom is -0.373 e. The molecule has 0 spiro atoms. The number of rotatable bonds is 7. The molecular formula is C21H32N4O4S. The summed E-state index contributed by atoms with van der Waals surface area (Å²) in [6.45, 7) is 11.2. The van der Waals surface area contributed by atoms with Gasteiger partial charge in [0.15, 0.2) is 0 Å². The number of amides is 1. The third kappa shape index (κ3) is 5.39. The molecule has 30 heavy (non-hydrogen) atoms. The Kier molecular flexibility index (Phi) is 7.15. The van der Waals surface area contributed by atoms with Crippen LogP contribution in [0.3, 0.4) is 0 Å². The Labute approximate surface area is 179 Å². The van der Waals surface area contributed by atoms with Crippen molar-refractivity contribution in [2.75, 3.05) is 26.2 Å². The predicted octanol–water partition coefficient (Wildman–Crippen LogP) is 1.37. The molecule has 8 nitrogen and oxygen atoms in total. The number of amidine groups is 1. The summed E-state index contributed by atoms with van der Waals surface area (Å²) >= 11 is 0. The van der Waals surface area contributed by atoms with Crippen LogP contribution in [0.2, 0.25) is 0 Å². The fourth-order valence-electron chi connectivity index (χ4n) is 3.97. The summed E-state index contributed by atoms with van der Waals surface area (Å²) in [5, 5.41) is 2.96. The summed E-state index contributed by atoms with van der Waals surface area (Å²) < 4.78 is 32.8. The molecule has 0 bridgehead atoms. The van der Waals surface area contributed by atoms with Gasteiger partial charge in [0.25, 0.3) is 10.0 Å². The smallest absolute Gasteiger partial charge is 0.263 e. The van der Waals surface area contributed by atoms with Crippen LogP contribution in [0, 0.1) is 5.92 Å². The molecule has 2 aliphatic heterocycles. The minimum atomic E-state index is -3.62. The zero-order valence-corrected chi connectivity index (χ0v) is 18.9. The Hall–Kier alpha value is -1.97. The lowest BCUT2D eigenvalue weighted by Gasteiger charge is -2.35. The van der Waals surface area contributed by atoms with Crippen molar-refractivity contribution in [1.82, 2.24) is 14.9 Å². The van der Waals surface area contributed by atoms with Crippen molar-refractivity contribution in [3.8, 4) is 0 Å². The minimum absolute atomic E-state index is 0.0734. The van der Waals surface area contributed by atoms with Gasteiger partial charge in [0.2, 0.25) is 5.91 Å². The first-order valence-corrected chi connectivity index (χ1v) is 12.0. The first-order chi connectivity index (χ1) is 14.2. The van der Waals surface area contributed by atoms with E-state index in [1.54, 1.807) is 18.2 Å². The van der Waals surface area contributed by atoms with Crippen LogP contribution in [-0.4, -0.2) is 69.5 Å². The third-order valence-electron chi connectivity index (χ3n) is 5.28. The second-order valence-electron chi connectivity index (χ2n) is 8.43. The number of benzene rings is 1. The summed E-state index contributed by atoms with van der Waals surface area (Å²) in [4.78, 5) is 19.8. The third-order valence-corrected chi connectivity index (χ3v) is 6.67. The number of carbonyl (C=O) groups excluding carboxylic acids is 1. The molecule has 1 aromatic rings. The number of morpholine rings is 1. The number of ether oxygens (including phenoxy) is 1. The van der Waals surface area contributed by atoms with E-state index in [9.17, 15) is 13.2 Å². The van der Waals surface area contributed by atoms with E-state index in [4.69, 9.17) is 4.74 Å². The standard InChI is InChI=1S/C21H32N4O4S/c1-14(2)19(23-20-17-8-5-6-9-18(17)30(27,28)24-20)21(26)22-10-7-11-25-12-15(3)29-16(4)13-25/h5-6,8-9,14-16,19H,7,10-13H2,1-4H3,(H,22,26)(H,23,24)/t15?,16?,19-/m0/s1. The Balaban J connectivity index is 1.59. The highest BCUT2D eigenvalue weighted by atomic mass is 32.2. The lowest BCUT2D eigenvalue weighted by atomic mass is 10.0. The van der Waals surface area contributed by atoms with Crippen LogP contribution in [0.5, 0.6) is 0 Å². The van der Waals surface area contributed by atoms with Crippen LogP contribution in [0.25, 0.3) is 0 Å².